The van der Waals surface area contributed by atoms with E-state index in [0.717, 1.165) is 5.69 Å². The second-order valence-corrected chi connectivity index (χ2v) is 2.92. The van der Waals surface area contributed by atoms with Crippen molar-refractivity contribution in [3.05, 3.63) is 45.6 Å². The molecule has 0 unspecified atom stereocenters. The molecule has 0 aromatic carbocycles. The molecule has 0 N–H and O–H groups in total. The Morgan fingerprint density at radius 2 is 2.43 bits per heavy atom. The van der Waals surface area contributed by atoms with Gasteiger partial charge >= 0.3 is 0 Å². The van der Waals surface area contributed by atoms with Crippen LogP contribution in [0.3, 0.4) is 0 Å². The van der Waals surface area contributed by atoms with E-state index in [1.165, 1.54) is 0 Å². The van der Waals surface area contributed by atoms with Crippen molar-refractivity contribution in [1.29, 1.82) is 0 Å². The van der Waals surface area contributed by atoms with Crippen LogP contribution in [0, 0.1) is 0 Å². The molecule has 0 amide bonds. The normalized spacial score (nSPS) is 10.1. The Morgan fingerprint density at radius 3 is 3.14 bits per heavy atom. The maximum Gasteiger partial charge on any atom is 0.129 e. The van der Waals surface area contributed by atoms with Gasteiger partial charge < -0.3 is 0 Å². The number of nitrogens with zero attached hydrogens (tertiary/aromatic N) is 4. The highest BCUT2D eigenvalue weighted by molar-refractivity contribution is 6.29. The van der Waals surface area contributed by atoms with Crippen LogP contribution in [0.1, 0.15) is 12.1 Å². The van der Waals surface area contributed by atoms with Gasteiger partial charge in [0.1, 0.15) is 5.15 Å². The van der Waals surface area contributed by atoms with Gasteiger partial charge in [-0.3, -0.25) is 0 Å². The topological polar surface area (TPSA) is 61.7 Å². The summed E-state index contributed by atoms with van der Waals surface area (Å²) in [5.41, 5.74) is 8.83. The predicted molar refractivity (Wildman–Crippen MR) is 56.9 cm³/mol. The van der Waals surface area contributed by atoms with Gasteiger partial charge in [-0.15, -0.1) is 0 Å². The lowest BCUT2D eigenvalue weighted by atomic mass is 10.3. The highest BCUT2D eigenvalue weighted by Gasteiger charge is 1.89. The summed E-state index contributed by atoms with van der Waals surface area (Å²) >= 11 is 5.70. The van der Waals surface area contributed by atoms with Gasteiger partial charge in [-0.25, -0.2) is 4.98 Å². The van der Waals surface area contributed by atoms with E-state index < -0.39 is 0 Å². The van der Waals surface area contributed by atoms with Gasteiger partial charge in [-0.1, -0.05) is 28.9 Å². The zero-order chi connectivity index (χ0) is 10.2. The first-order valence-electron chi connectivity index (χ1n) is 4.13. The maximum absolute atomic E-state index is 8.02. The number of halogens is 1. The number of pyridine rings is 1. The molecule has 72 valence electrons. The van der Waals surface area contributed by atoms with Crippen LogP contribution in [0.4, 0.5) is 0 Å². The van der Waals surface area contributed by atoms with E-state index >= 15 is 0 Å². The van der Waals surface area contributed by atoms with Crippen LogP contribution in [0.25, 0.3) is 16.5 Å². The van der Waals surface area contributed by atoms with E-state index in [2.05, 4.69) is 15.0 Å². The standard InChI is InChI=1S/C9H9ClN4/c10-9-6-3-5-8(13-9)4-1-2-7-12-14-11/h1,3-6H,2,7H2. The second-order valence-electron chi connectivity index (χ2n) is 2.53. The van der Waals surface area contributed by atoms with Crippen LogP contribution in [-0.4, -0.2) is 11.5 Å². The van der Waals surface area contributed by atoms with E-state index in [1.54, 1.807) is 6.07 Å². The molecule has 0 spiro atoms. The third-order valence-electron chi connectivity index (χ3n) is 1.48. The second kappa shape index (κ2) is 6.02. The van der Waals surface area contributed by atoms with Crippen molar-refractivity contribution in [2.75, 3.05) is 6.54 Å². The fourth-order valence-corrected chi connectivity index (χ4v) is 1.07. The number of hydrogen-bond donors (Lipinski definition) is 0. The molecule has 0 radical (unpaired) electrons. The van der Waals surface area contributed by atoms with Crippen molar-refractivity contribution in [1.82, 2.24) is 4.98 Å². The van der Waals surface area contributed by atoms with Crippen LogP contribution in [0.2, 0.25) is 5.15 Å². The van der Waals surface area contributed by atoms with E-state index in [-0.39, 0.29) is 0 Å². The smallest absolute Gasteiger partial charge is 0.129 e. The first-order valence-corrected chi connectivity index (χ1v) is 4.50. The van der Waals surface area contributed by atoms with Gasteiger partial charge in [-0.2, -0.15) is 0 Å². The Kier molecular flexibility index (Phi) is 4.55. The average Bonchev–Trinajstić information content (AvgIpc) is 2.18. The molecule has 1 heterocycles. The highest BCUT2D eigenvalue weighted by Crippen LogP contribution is 2.06. The molecule has 0 bridgehead atoms. The molecule has 0 saturated carbocycles. The van der Waals surface area contributed by atoms with Gasteiger partial charge in [0.05, 0.1) is 5.69 Å². The Hall–Kier alpha value is -1.51. The first kappa shape index (κ1) is 10.6. The SMILES string of the molecule is [N-]=[N+]=NCCC=Cc1cccc(Cl)n1. The van der Waals surface area contributed by atoms with Crippen molar-refractivity contribution in [3.8, 4) is 0 Å². The van der Waals surface area contributed by atoms with Crippen LogP contribution in [-0.2, 0) is 0 Å². The molecule has 0 aliphatic heterocycles. The lowest BCUT2D eigenvalue weighted by molar-refractivity contribution is 0.995. The van der Waals surface area contributed by atoms with E-state index in [4.69, 9.17) is 17.1 Å². The summed E-state index contributed by atoms with van der Waals surface area (Å²) in [5, 5.41) is 3.88. The van der Waals surface area contributed by atoms with Crippen molar-refractivity contribution >= 4 is 17.7 Å². The largest absolute Gasteiger partial charge is 0.237 e. The quantitative estimate of drug-likeness (QED) is 0.246. The Balaban J connectivity index is 2.47. The van der Waals surface area contributed by atoms with Gasteiger partial charge in [0.15, 0.2) is 0 Å². The molecular weight excluding hydrogens is 200 g/mol. The Morgan fingerprint density at radius 1 is 1.57 bits per heavy atom. The van der Waals surface area contributed by atoms with Crippen LogP contribution in [0.5, 0.6) is 0 Å². The molecule has 0 aliphatic rings. The zero-order valence-electron chi connectivity index (χ0n) is 7.47. The highest BCUT2D eigenvalue weighted by atomic mass is 35.5. The maximum atomic E-state index is 8.02. The van der Waals surface area contributed by atoms with Crippen molar-refractivity contribution in [3.63, 3.8) is 0 Å². The van der Waals surface area contributed by atoms with Crippen LogP contribution < -0.4 is 0 Å². The predicted octanol–water partition coefficient (Wildman–Crippen LogP) is 3.45. The summed E-state index contributed by atoms with van der Waals surface area (Å²) in [6.45, 7) is 0.466. The van der Waals surface area contributed by atoms with Gasteiger partial charge in [0, 0.05) is 11.5 Å². The molecule has 1 aromatic heterocycles. The van der Waals surface area contributed by atoms with Crippen LogP contribution in [0.15, 0.2) is 29.4 Å². The Bertz CT molecular complexity index is 369. The number of aromatic nitrogens is 1. The summed E-state index contributed by atoms with van der Waals surface area (Å²) in [6, 6.07) is 5.41. The molecule has 0 aliphatic carbocycles. The van der Waals surface area contributed by atoms with E-state index in [0.29, 0.717) is 18.1 Å². The molecule has 0 fully saturated rings. The molecule has 14 heavy (non-hydrogen) atoms. The molecule has 5 heteroatoms. The minimum absolute atomic E-state index is 0.466. The monoisotopic (exact) mass is 208 g/mol. The fraction of sp³-hybridized carbons (Fsp3) is 0.222. The first-order chi connectivity index (χ1) is 6.83. The Labute approximate surface area is 86.9 Å². The molecular formula is C9H9ClN4. The van der Waals surface area contributed by atoms with Gasteiger partial charge in [0.25, 0.3) is 0 Å². The lowest BCUT2D eigenvalue weighted by Gasteiger charge is -1.92. The van der Waals surface area contributed by atoms with Crippen LogP contribution >= 0.6 is 11.6 Å². The van der Waals surface area contributed by atoms with E-state index in [1.807, 2.05) is 24.3 Å². The van der Waals surface area contributed by atoms with Gasteiger partial charge in [0.2, 0.25) is 0 Å². The number of hydrogen-bond acceptors (Lipinski definition) is 2. The van der Waals surface area contributed by atoms with E-state index in [9.17, 15) is 0 Å². The zero-order valence-corrected chi connectivity index (χ0v) is 8.22. The summed E-state index contributed by atoms with van der Waals surface area (Å²) < 4.78 is 0. The molecule has 0 saturated heterocycles. The summed E-state index contributed by atoms with van der Waals surface area (Å²) in [6.07, 6.45) is 4.45. The van der Waals surface area contributed by atoms with Crippen molar-refractivity contribution in [2.45, 2.75) is 6.42 Å². The summed E-state index contributed by atoms with van der Waals surface area (Å²) in [4.78, 5) is 6.71. The lowest BCUT2D eigenvalue weighted by Crippen LogP contribution is -1.80. The minimum Gasteiger partial charge on any atom is -0.237 e. The average molecular weight is 209 g/mol. The number of azide groups is 1. The third kappa shape index (κ3) is 3.94. The number of rotatable bonds is 4. The molecule has 0 atom stereocenters. The molecule has 1 aromatic rings. The minimum atomic E-state index is 0.466. The summed E-state index contributed by atoms with van der Waals surface area (Å²) in [5.74, 6) is 0. The fourth-order valence-electron chi connectivity index (χ4n) is 0.898. The third-order valence-corrected chi connectivity index (χ3v) is 1.69. The van der Waals surface area contributed by atoms with Crippen molar-refractivity contribution < 1.29 is 0 Å². The van der Waals surface area contributed by atoms with Crippen molar-refractivity contribution in [2.24, 2.45) is 5.11 Å². The summed E-state index contributed by atoms with van der Waals surface area (Å²) in [7, 11) is 0. The molecule has 4 nitrogen and oxygen atoms in total. The molecule has 1 rings (SSSR count). The van der Waals surface area contributed by atoms with Gasteiger partial charge in [-0.05, 0) is 30.2 Å².